The van der Waals surface area contributed by atoms with E-state index in [1.165, 1.54) is 11.3 Å². The zero-order chi connectivity index (χ0) is 26.9. The molecule has 1 amide bonds. The Bertz CT molecular complexity index is 1650. The predicted octanol–water partition coefficient (Wildman–Crippen LogP) is 6.19. The standard InChI is InChI=1S/C31H28N4O3S/c1-34-14-13-21-16-23(18-32-29(21)34)25-9-5-6-10-26(25)27-19-39-31(33-27)35(24-11-12-24)30(38)22(17-28(36)37)15-20-7-3-2-4-8-20/h2-10,13-14,16,18-19,22,24H,11-12,15,17H2,1H3,(H,36,37)/t22-/m1/s1. The summed E-state index contributed by atoms with van der Waals surface area (Å²) in [6.07, 6.45) is 5.84. The lowest BCUT2D eigenvalue weighted by atomic mass is 9.94. The third-order valence-electron chi connectivity index (χ3n) is 7.16. The van der Waals surface area contributed by atoms with Crippen molar-refractivity contribution in [1.82, 2.24) is 14.5 Å². The number of rotatable bonds is 9. The number of thiazole rings is 1. The van der Waals surface area contributed by atoms with Crippen molar-refractivity contribution in [2.75, 3.05) is 4.90 Å². The number of anilines is 1. The first kappa shape index (κ1) is 25.0. The quantitative estimate of drug-likeness (QED) is 0.243. The average Bonchev–Trinajstić information content (AvgIpc) is 3.54. The normalized spacial score (nSPS) is 13.9. The molecule has 39 heavy (non-hydrogen) atoms. The van der Waals surface area contributed by atoms with Gasteiger partial charge in [0.2, 0.25) is 5.91 Å². The summed E-state index contributed by atoms with van der Waals surface area (Å²) in [6, 6.07) is 21.9. The number of aromatic nitrogens is 3. The average molecular weight is 537 g/mol. The van der Waals surface area contributed by atoms with Crippen LogP contribution in [0.1, 0.15) is 24.8 Å². The maximum absolute atomic E-state index is 13.8. The van der Waals surface area contributed by atoms with Crippen LogP contribution in [0.5, 0.6) is 0 Å². The molecular weight excluding hydrogens is 508 g/mol. The summed E-state index contributed by atoms with van der Waals surface area (Å²) in [6.45, 7) is 0. The molecule has 2 aromatic carbocycles. The molecule has 3 aromatic heterocycles. The van der Waals surface area contributed by atoms with Crippen molar-refractivity contribution in [3.05, 3.63) is 90.1 Å². The summed E-state index contributed by atoms with van der Waals surface area (Å²) in [5.74, 6) is -1.80. The van der Waals surface area contributed by atoms with Gasteiger partial charge in [-0.2, -0.15) is 0 Å². The van der Waals surface area contributed by atoms with Gasteiger partial charge in [0.05, 0.1) is 18.0 Å². The molecule has 0 unspecified atom stereocenters. The van der Waals surface area contributed by atoms with E-state index in [1.807, 2.05) is 77.9 Å². The highest BCUT2D eigenvalue weighted by Crippen LogP contribution is 2.39. The number of hydrogen-bond acceptors (Lipinski definition) is 5. The van der Waals surface area contributed by atoms with Gasteiger partial charge in [-0.05, 0) is 42.5 Å². The lowest BCUT2D eigenvalue weighted by Crippen LogP contribution is -2.39. The first-order valence-electron chi connectivity index (χ1n) is 13.0. The Kier molecular flexibility index (Phi) is 6.70. The van der Waals surface area contributed by atoms with Gasteiger partial charge in [-0.3, -0.25) is 14.5 Å². The second-order valence-electron chi connectivity index (χ2n) is 10.0. The predicted molar refractivity (Wildman–Crippen MR) is 154 cm³/mol. The third-order valence-corrected chi connectivity index (χ3v) is 8.00. The minimum Gasteiger partial charge on any atom is -0.481 e. The van der Waals surface area contributed by atoms with Crippen molar-refractivity contribution in [2.45, 2.75) is 31.7 Å². The Morgan fingerprint density at radius 1 is 1.08 bits per heavy atom. The van der Waals surface area contributed by atoms with Gasteiger partial charge in [-0.25, -0.2) is 9.97 Å². The number of fused-ring (bicyclic) bond motifs is 1. The van der Waals surface area contributed by atoms with Crippen molar-refractivity contribution >= 4 is 39.4 Å². The van der Waals surface area contributed by atoms with Crippen molar-refractivity contribution in [3.8, 4) is 22.4 Å². The summed E-state index contributed by atoms with van der Waals surface area (Å²) < 4.78 is 2.00. The Morgan fingerprint density at radius 3 is 2.56 bits per heavy atom. The van der Waals surface area contributed by atoms with Crippen LogP contribution >= 0.6 is 11.3 Å². The molecule has 0 aliphatic heterocycles. The molecule has 7 nitrogen and oxygen atoms in total. The van der Waals surface area contributed by atoms with E-state index in [-0.39, 0.29) is 18.4 Å². The lowest BCUT2D eigenvalue weighted by molar-refractivity contribution is -0.140. The summed E-state index contributed by atoms with van der Waals surface area (Å²) in [4.78, 5) is 36.9. The van der Waals surface area contributed by atoms with Crippen molar-refractivity contribution in [2.24, 2.45) is 13.0 Å². The van der Waals surface area contributed by atoms with Crippen LogP contribution in [0.25, 0.3) is 33.4 Å². The zero-order valence-corrected chi connectivity index (χ0v) is 22.3. The van der Waals surface area contributed by atoms with Crippen molar-refractivity contribution in [1.29, 1.82) is 0 Å². The van der Waals surface area contributed by atoms with Gasteiger partial charge in [0.15, 0.2) is 5.13 Å². The minimum absolute atomic E-state index is 0.0588. The number of aryl methyl sites for hydroxylation is 1. The molecule has 0 bridgehead atoms. The molecule has 0 spiro atoms. The molecule has 6 rings (SSSR count). The van der Waals surface area contributed by atoms with Crippen molar-refractivity contribution in [3.63, 3.8) is 0 Å². The number of carbonyl (C=O) groups excluding carboxylic acids is 1. The zero-order valence-electron chi connectivity index (χ0n) is 21.5. The van der Waals surface area contributed by atoms with Crippen LogP contribution in [0.3, 0.4) is 0 Å². The number of carbonyl (C=O) groups is 2. The van der Waals surface area contributed by atoms with E-state index in [2.05, 4.69) is 23.2 Å². The molecule has 1 N–H and O–H groups in total. The van der Waals surface area contributed by atoms with Crippen LogP contribution in [0.4, 0.5) is 5.13 Å². The van der Waals surface area contributed by atoms with E-state index in [1.54, 1.807) is 4.90 Å². The van der Waals surface area contributed by atoms with Gasteiger partial charge in [0.25, 0.3) is 0 Å². The fourth-order valence-electron chi connectivity index (χ4n) is 5.07. The highest BCUT2D eigenvalue weighted by atomic mass is 32.1. The van der Waals surface area contributed by atoms with Gasteiger partial charge >= 0.3 is 5.97 Å². The first-order chi connectivity index (χ1) is 19.0. The molecule has 0 radical (unpaired) electrons. The van der Waals surface area contributed by atoms with Crippen molar-refractivity contribution < 1.29 is 14.7 Å². The number of aliphatic carboxylic acids is 1. The Morgan fingerprint density at radius 2 is 1.82 bits per heavy atom. The van der Waals surface area contributed by atoms with Crippen LogP contribution in [0, 0.1) is 5.92 Å². The molecule has 196 valence electrons. The minimum atomic E-state index is -0.974. The highest BCUT2D eigenvalue weighted by Gasteiger charge is 2.39. The number of carboxylic acid groups (broad SMARTS) is 1. The van der Waals surface area contributed by atoms with Crippen LogP contribution < -0.4 is 4.90 Å². The van der Waals surface area contributed by atoms with E-state index in [9.17, 15) is 14.7 Å². The first-order valence-corrected chi connectivity index (χ1v) is 13.9. The summed E-state index contributed by atoms with van der Waals surface area (Å²) in [5, 5.41) is 13.3. The Balaban J connectivity index is 1.33. The smallest absolute Gasteiger partial charge is 0.304 e. The maximum Gasteiger partial charge on any atom is 0.304 e. The lowest BCUT2D eigenvalue weighted by Gasteiger charge is -2.25. The molecule has 1 fully saturated rings. The summed E-state index contributed by atoms with van der Waals surface area (Å²) >= 11 is 1.43. The molecule has 1 saturated carbocycles. The van der Waals surface area contributed by atoms with E-state index in [4.69, 9.17) is 4.98 Å². The Labute approximate surface area is 230 Å². The van der Waals surface area contributed by atoms with Crippen LogP contribution in [0.2, 0.25) is 0 Å². The molecule has 8 heteroatoms. The van der Waals surface area contributed by atoms with E-state index >= 15 is 0 Å². The van der Waals surface area contributed by atoms with Gasteiger partial charge in [-0.1, -0.05) is 54.6 Å². The van der Waals surface area contributed by atoms with Crippen LogP contribution in [0.15, 0.2) is 84.5 Å². The number of amides is 1. The number of hydrogen-bond donors (Lipinski definition) is 1. The molecule has 3 heterocycles. The fraction of sp³-hybridized carbons (Fsp3) is 0.226. The SMILES string of the molecule is Cn1ccc2cc(-c3ccccc3-c3csc(N(C(=O)[C@@H](CC(=O)O)Cc4ccccc4)C4CC4)n3)cnc21. The third kappa shape index (κ3) is 5.20. The molecule has 1 aliphatic rings. The highest BCUT2D eigenvalue weighted by molar-refractivity contribution is 7.14. The monoisotopic (exact) mass is 536 g/mol. The summed E-state index contributed by atoms with van der Waals surface area (Å²) in [7, 11) is 1.98. The molecule has 0 saturated heterocycles. The topological polar surface area (TPSA) is 88.3 Å². The number of benzene rings is 2. The van der Waals surface area contributed by atoms with Crippen LogP contribution in [-0.2, 0) is 23.1 Å². The number of pyridine rings is 1. The summed E-state index contributed by atoms with van der Waals surface area (Å²) in [5.41, 5.74) is 5.65. The molecule has 1 atom stereocenters. The second-order valence-corrected chi connectivity index (χ2v) is 10.9. The second kappa shape index (κ2) is 10.5. The molecule has 1 aliphatic carbocycles. The van der Waals surface area contributed by atoms with Gasteiger partial charge in [0, 0.05) is 47.4 Å². The van der Waals surface area contributed by atoms with Gasteiger partial charge < -0.3 is 9.67 Å². The fourth-order valence-corrected chi connectivity index (χ4v) is 5.98. The molecule has 5 aromatic rings. The van der Waals surface area contributed by atoms with E-state index in [0.717, 1.165) is 51.8 Å². The van der Waals surface area contributed by atoms with E-state index in [0.29, 0.717) is 11.6 Å². The largest absolute Gasteiger partial charge is 0.481 e. The molecular formula is C31H28N4O3S. The number of carboxylic acids is 1. The Hall–Kier alpha value is -4.30. The number of nitrogens with zero attached hydrogens (tertiary/aromatic N) is 4. The van der Waals surface area contributed by atoms with Gasteiger partial charge in [0.1, 0.15) is 5.65 Å². The van der Waals surface area contributed by atoms with E-state index < -0.39 is 11.9 Å². The van der Waals surface area contributed by atoms with Gasteiger partial charge in [-0.15, -0.1) is 11.3 Å². The maximum atomic E-state index is 13.8. The van der Waals surface area contributed by atoms with Crippen LogP contribution in [-0.4, -0.2) is 37.6 Å².